The Balaban J connectivity index is 2.03. The molecule has 1 fully saturated rings. The highest BCUT2D eigenvalue weighted by atomic mass is 16.6. The van der Waals surface area contributed by atoms with Crippen LogP contribution in [0.25, 0.3) is 0 Å². The molecular weight excluding hydrogens is 260 g/mol. The first-order valence-electron chi connectivity index (χ1n) is 6.84. The molecule has 20 heavy (non-hydrogen) atoms. The minimum atomic E-state index is -0.361. The first-order valence-corrected chi connectivity index (χ1v) is 6.84. The van der Waals surface area contributed by atoms with Gasteiger partial charge in [0.1, 0.15) is 0 Å². The summed E-state index contributed by atoms with van der Waals surface area (Å²) in [5, 5.41) is 19.6. The monoisotopic (exact) mass is 280 g/mol. The third-order valence-corrected chi connectivity index (χ3v) is 3.63. The first kappa shape index (κ1) is 14.7. The molecule has 0 unspecified atom stereocenters. The predicted octanol–water partition coefficient (Wildman–Crippen LogP) is 1.88. The maximum Gasteiger partial charge on any atom is 0.271 e. The van der Waals surface area contributed by atoms with Gasteiger partial charge in [-0.2, -0.15) is 0 Å². The van der Waals surface area contributed by atoms with Crippen LogP contribution in [0.4, 0.5) is 11.4 Å². The fraction of sp³-hybridized carbons (Fsp3) is 0.571. The number of rotatable bonds is 5. The van der Waals surface area contributed by atoms with Crippen molar-refractivity contribution in [2.45, 2.75) is 25.9 Å². The lowest BCUT2D eigenvalue weighted by atomic mass is 10.0. The van der Waals surface area contributed by atoms with Crippen LogP contribution in [0.2, 0.25) is 0 Å². The van der Waals surface area contributed by atoms with Crippen LogP contribution in [0.3, 0.4) is 0 Å². The molecule has 1 N–H and O–H groups in total. The fourth-order valence-corrected chi connectivity index (χ4v) is 2.53. The van der Waals surface area contributed by atoms with E-state index in [0.717, 1.165) is 37.2 Å². The molecule has 1 aliphatic heterocycles. The fourth-order valence-electron chi connectivity index (χ4n) is 2.53. The lowest BCUT2D eigenvalue weighted by Crippen LogP contribution is -2.37. The molecule has 1 aromatic carbocycles. The number of aliphatic hydroxyl groups excluding tert-OH is 1. The molecule has 2 rings (SSSR count). The van der Waals surface area contributed by atoms with E-state index in [1.807, 2.05) is 6.92 Å². The van der Waals surface area contributed by atoms with Crippen molar-refractivity contribution >= 4 is 11.4 Å². The summed E-state index contributed by atoms with van der Waals surface area (Å²) < 4.78 is 5.52. The number of non-ortho nitro benzene ring substituents is 1. The summed E-state index contributed by atoms with van der Waals surface area (Å²) in [6.45, 7) is 4.02. The number of anilines is 1. The van der Waals surface area contributed by atoms with Crippen molar-refractivity contribution in [2.24, 2.45) is 0 Å². The summed E-state index contributed by atoms with van der Waals surface area (Å²) in [5.41, 5.74) is 2.11. The summed E-state index contributed by atoms with van der Waals surface area (Å²) in [7, 11) is 0. The van der Waals surface area contributed by atoms with E-state index in [4.69, 9.17) is 9.84 Å². The molecule has 0 amide bonds. The average Bonchev–Trinajstić information content (AvgIpc) is 2.46. The molecule has 1 heterocycles. The van der Waals surface area contributed by atoms with Gasteiger partial charge in [-0.3, -0.25) is 10.1 Å². The molecule has 6 heteroatoms. The van der Waals surface area contributed by atoms with Crippen LogP contribution in [0.5, 0.6) is 0 Å². The van der Waals surface area contributed by atoms with Crippen LogP contribution < -0.4 is 4.90 Å². The van der Waals surface area contributed by atoms with Gasteiger partial charge in [0.2, 0.25) is 0 Å². The number of nitrogens with zero attached hydrogens (tertiary/aromatic N) is 2. The van der Waals surface area contributed by atoms with Gasteiger partial charge in [0.25, 0.3) is 5.69 Å². The van der Waals surface area contributed by atoms with Crippen molar-refractivity contribution < 1.29 is 14.8 Å². The van der Waals surface area contributed by atoms with Gasteiger partial charge in [0.05, 0.1) is 24.2 Å². The molecule has 0 aliphatic carbocycles. The smallest absolute Gasteiger partial charge is 0.271 e. The Morgan fingerprint density at radius 3 is 2.75 bits per heavy atom. The molecule has 6 nitrogen and oxygen atoms in total. The second-order valence-corrected chi connectivity index (χ2v) is 5.01. The SMILES string of the molecule is Cc1ccc([N+](=O)[O-])cc1N1CCC(OCCO)CC1. The van der Waals surface area contributed by atoms with E-state index < -0.39 is 0 Å². The minimum absolute atomic E-state index is 0.0458. The summed E-state index contributed by atoms with van der Waals surface area (Å²) >= 11 is 0. The van der Waals surface area contributed by atoms with Gasteiger partial charge in [0, 0.05) is 30.9 Å². The molecule has 1 aromatic rings. The number of ether oxygens (including phenoxy) is 1. The highest BCUT2D eigenvalue weighted by Crippen LogP contribution is 2.28. The largest absolute Gasteiger partial charge is 0.394 e. The van der Waals surface area contributed by atoms with Crippen LogP contribution in [0.1, 0.15) is 18.4 Å². The van der Waals surface area contributed by atoms with Crippen LogP contribution in [0, 0.1) is 17.0 Å². The predicted molar refractivity (Wildman–Crippen MR) is 76.1 cm³/mol. The molecule has 0 saturated carbocycles. The first-order chi connectivity index (χ1) is 9.61. The lowest BCUT2D eigenvalue weighted by Gasteiger charge is -2.34. The second kappa shape index (κ2) is 6.67. The van der Waals surface area contributed by atoms with E-state index >= 15 is 0 Å². The summed E-state index contributed by atoms with van der Waals surface area (Å²) in [6.07, 6.45) is 1.93. The third-order valence-electron chi connectivity index (χ3n) is 3.63. The molecular formula is C14H20N2O4. The van der Waals surface area contributed by atoms with Crippen molar-refractivity contribution in [3.05, 3.63) is 33.9 Å². The molecule has 0 atom stereocenters. The Kier molecular flexibility index (Phi) is 4.92. The molecule has 1 saturated heterocycles. The summed E-state index contributed by atoms with van der Waals surface area (Å²) in [6, 6.07) is 4.97. The van der Waals surface area contributed by atoms with Gasteiger partial charge in [0.15, 0.2) is 0 Å². The Bertz CT molecular complexity index is 470. The Labute approximate surface area is 118 Å². The second-order valence-electron chi connectivity index (χ2n) is 5.01. The normalized spacial score (nSPS) is 16.4. The number of hydrogen-bond donors (Lipinski definition) is 1. The van der Waals surface area contributed by atoms with E-state index in [-0.39, 0.29) is 23.3 Å². The maximum absolute atomic E-state index is 10.9. The number of piperidine rings is 1. The molecule has 0 radical (unpaired) electrons. The van der Waals surface area contributed by atoms with E-state index in [1.165, 1.54) is 6.07 Å². The van der Waals surface area contributed by atoms with Crippen molar-refractivity contribution in [1.82, 2.24) is 0 Å². The third kappa shape index (κ3) is 3.46. The van der Waals surface area contributed by atoms with Crippen molar-refractivity contribution in [1.29, 1.82) is 0 Å². The van der Waals surface area contributed by atoms with Gasteiger partial charge >= 0.3 is 0 Å². The van der Waals surface area contributed by atoms with Crippen LogP contribution in [-0.4, -0.2) is 42.4 Å². The van der Waals surface area contributed by atoms with Gasteiger partial charge in [-0.1, -0.05) is 6.07 Å². The van der Waals surface area contributed by atoms with Gasteiger partial charge < -0.3 is 14.7 Å². The van der Waals surface area contributed by atoms with E-state index in [9.17, 15) is 10.1 Å². The number of aliphatic hydroxyl groups is 1. The van der Waals surface area contributed by atoms with Crippen LogP contribution in [-0.2, 0) is 4.74 Å². The van der Waals surface area contributed by atoms with E-state index in [0.29, 0.717) is 6.61 Å². The number of nitro benzene ring substituents is 1. The average molecular weight is 280 g/mol. The molecule has 1 aliphatic rings. The summed E-state index contributed by atoms with van der Waals surface area (Å²) in [5.74, 6) is 0. The molecule has 110 valence electrons. The molecule has 0 aromatic heterocycles. The number of nitro groups is 1. The standard InChI is InChI=1S/C14H20N2O4/c1-11-2-3-12(16(18)19)10-14(11)15-6-4-13(5-7-15)20-9-8-17/h2-3,10,13,17H,4-9H2,1H3. The Morgan fingerprint density at radius 1 is 1.45 bits per heavy atom. The topological polar surface area (TPSA) is 75.8 Å². The lowest BCUT2D eigenvalue weighted by molar-refractivity contribution is -0.384. The highest BCUT2D eigenvalue weighted by molar-refractivity contribution is 5.58. The quantitative estimate of drug-likeness (QED) is 0.658. The van der Waals surface area contributed by atoms with E-state index in [1.54, 1.807) is 12.1 Å². The van der Waals surface area contributed by atoms with Crippen molar-refractivity contribution in [3.8, 4) is 0 Å². The Morgan fingerprint density at radius 2 is 2.15 bits per heavy atom. The number of hydrogen-bond acceptors (Lipinski definition) is 5. The summed E-state index contributed by atoms with van der Waals surface area (Å²) in [4.78, 5) is 12.7. The van der Waals surface area contributed by atoms with Crippen LogP contribution >= 0.6 is 0 Å². The zero-order valence-corrected chi connectivity index (χ0v) is 11.6. The minimum Gasteiger partial charge on any atom is -0.394 e. The van der Waals surface area contributed by atoms with Gasteiger partial charge in [-0.15, -0.1) is 0 Å². The van der Waals surface area contributed by atoms with Gasteiger partial charge in [-0.05, 0) is 25.3 Å². The Hall–Kier alpha value is -1.66. The zero-order valence-electron chi connectivity index (χ0n) is 11.6. The number of aryl methyl sites for hydroxylation is 1. The zero-order chi connectivity index (χ0) is 14.5. The maximum atomic E-state index is 10.9. The highest BCUT2D eigenvalue weighted by Gasteiger charge is 2.22. The van der Waals surface area contributed by atoms with E-state index in [2.05, 4.69) is 4.90 Å². The molecule has 0 spiro atoms. The van der Waals surface area contributed by atoms with Crippen molar-refractivity contribution in [2.75, 3.05) is 31.2 Å². The van der Waals surface area contributed by atoms with Crippen molar-refractivity contribution in [3.63, 3.8) is 0 Å². The van der Waals surface area contributed by atoms with Crippen LogP contribution in [0.15, 0.2) is 18.2 Å². The van der Waals surface area contributed by atoms with Gasteiger partial charge in [-0.25, -0.2) is 0 Å². The molecule has 0 bridgehead atoms. The number of benzene rings is 1.